The minimum absolute atomic E-state index is 0.149. The fourth-order valence-corrected chi connectivity index (χ4v) is 4.15. The van der Waals surface area contributed by atoms with Gasteiger partial charge in [0.05, 0.1) is 10.4 Å². The van der Waals surface area contributed by atoms with E-state index in [0.717, 1.165) is 12.8 Å². The monoisotopic (exact) mass is 366 g/mol. The van der Waals surface area contributed by atoms with Gasteiger partial charge in [0, 0.05) is 10.0 Å². The van der Waals surface area contributed by atoms with Crippen LogP contribution in [0.15, 0.2) is 16.6 Å². The number of benzene rings is 1. The number of hydrogen-bond donors (Lipinski definition) is 0. The van der Waals surface area contributed by atoms with Crippen LogP contribution in [-0.2, 0) is 0 Å². The van der Waals surface area contributed by atoms with Gasteiger partial charge in [-0.3, -0.25) is 0 Å². The lowest BCUT2D eigenvalue weighted by atomic mass is 9.66. The molecule has 106 valence electrons. The van der Waals surface area contributed by atoms with E-state index in [0.29, 0.717) is 15.1 Å². The molecule has 0 saturated heterocycles. The van der Waals surface area contributed by atoms with E-state index in [1.54, 1.807) is 6.07 Å². The number of alkyl halides is 1. The minimum atomic E-state index is -0.319. The van der Waals surface area contributed by atoms with Gasteiger partial charge in [0.2, 0.25) is 0 Å². The summed E-state index contributed by atoms with van der Waals surface area (Å²) in [7, 11) is 0. The molecule has 0 aliphatic heterocycles. The van der Waals surface area contributed by atoms with Crippen LogP contribution in [0.1, 0.15) is 50.5 Å². The van der Waals surface area contributed by atoms with E-state index in [-0.39, 0.29) is 22.5 Å². The highest BCUT2D eigenvalue weighted by atomic mass is 79.9. The third-order valence-electron chi connectivity index (χ3n) is 4.28. The summed E-state index contributed by atoms with van der Waals surface area (Å²) in [6.45, 7) is 4.45. The molecule has 0 bridgehead atoms. The molecule has 0 heterocycles. The van der Waals surface area contributed by atoms with Crippen molar-refractivity contribution >= 4 is 39.1 Å². The van der Waals surface area contributed by atoms with Crippen molar-refractivity contribution in [1.29, 1.82) is 0 Å². The average Bonchev–Trinajstić information content (AvgIpc) is 2.32. The van der Waals surface area contributed by atoms with Crippen molar-refractivity contribution < 1.29 is 4.39 Å². The normalized spacial score (nSPS) is 24.2. The fourth-order valence-electron chi connectivity index (χ4n) is 3.03. The van der Waals surface area contributed by atoms with Crippen LogP contribution >= 0.6 is 39.1 Å². The van der Waals surface area contributed by atoms with Gasteiger partial charge in [0.1, 0.15) is 5.82 Å². The molecule has 1 aliphatic rings. The van der Waals surface area contributed by atoms with Crippen LogP contribution < -0.4 is 0 Å². The van der Waals surface area contributed by atoms with Gasteiger partial charge in [-0.15, -0.1) is 11.6 Å². The molecule has 0 aromatic heterocycles. The first kappa shape index (κ1) is 15.6. The lowest BCUT2D eigenvalue weighted by Gasteiger charge is -2.41. The first-order valence-corrected chi connectivity index (χ1v) is 8.22. The molecule has 4 heteroatoms. The van der Waals surface area contributed by atoms with Crippen LogP contribution in [0.2, 0.25) is 5.02 Å². The quantitative estimate of drug-likeness (QED) is 0.401. The summed E-state index contributed by atoms with van der Waals surface area (Å²) in [5.41, 5.74) is 0.672. The SMILES string of the molecule is CC1(C)CCCCC1C(Cl)c1cc(Cl)c(Br)cc1F. The standard InChI is InChI=1S/C15H18BrCl2F/c1-15(2)6-4-3-5-10(15)14(18)9-7-12(17)11(16)8-13(9)19/h7-8,10,14H,3-6H2,1-2H3. The van der Waals surface area contributed by atoms with E-state index >= 15 is 0 Å². The van der Waals surface area contributed by atoms with Gasteiger partial charge >= 0.3 is 0 Å². The van der Waals surface area contributed by atoms with Crippen molar-refractivity contribution in [2.45, 2.75) is 44.9 Å². The zero-order valence-electron chi connectivity index (χ0n) is 11.1. The second-order valence-corrected chi connectivity index (χ2v) is 7.76. The van der Waals surface area contributed by atoms with Gasteiger partial charge in [-0.25, -0.2) is 4.39 Å². The Kier molecular flexibility index (Phi) is 4.85. The predicted octanol–water partition coefficient (Wildman–Crippen LogP) is 6.74. The van der Waals surface area contributed by atoms with Gasteiger partial charge in [-0.1, -0.05) is 38.3 Å². The van der Waals surface area contributed by atoms with E-state index < -0.39 is 0 Å². The molecule has 19 heavy (non-hydrogen) atoms. The average molecular weight is 368 g/mol. The Morgan fingerprint density at radius 1 is 1.37 bits per heavy atom. The summed E-state index contributed by atoms with van der Waals surface area (Å²) in [5.74, 6) is 0.00677. The minimum Gasteiger partial charge on any atom is -0.207 e. The molecule has 1 aromatic rings. The van der Waals surface area contributed by atoms with Gasteiger partial charge < -0.3 is 0 Å². The van der Waals surface area contributed by atoms with E-state index in [4.69, 9.17) is 23.2 Å². The molecule has 0 amide bonds. The highest BCUT2D eigenvalue weighted by molar-refractivity contribution is 9.10. The summed E-state index contributed by atoms with van der Waals surface area (Å²) >= 11 is 15.9. The summed E-state index contributed by atoms with van der Waals surface area (Å²) in [5, 5.41) is 0.191. The van der Waals surface area contributed by atoms with E-state index in [1.807, 2.05) is 0 Å². The lowest BCUT2D eigenvalue weighted by Crippen LogP contribution is -2.31. The molecule has 2 atom stereocenters. The van der Waals surface area contributed by atoms with Crippen molar-refractivity contribution in [3.63, 3.8) is 0 Å². The Hall–Kier alpha value is 0.210. The van der Waals surface area contributed by atoms with E-state index in [9.17, 15) is 4.39 Å². The molecule has 2 rings (SSSR count). The Balaban J connectivity index is 2.33. The maximum Gasteiger partial charge on any atom is 0.129 e. The Bertz CT molecular complexity index is 473. The smallest absolute Gasteiger partial charge is 0.129 e. The molecular formula is C15H18BrCl2F. The highest BCUT2D eigenvalue weighted by Crippen LogP contribution is 2.50. The summed E-state index contributed by atoms with van der Waals surface area (Å²) in [6, 6.07) is 3.06. The van der Waals surface area contributed by atoms with Crippen LogP contribution in [0.5, 0.6) is 0 Å². The molecular weight excluding hydrogens is 350 g/mol. The molecule has 0 spiro atoms. The van der Waals surface area contributed by atoms with Crippen molar-refractivity contribution in [2.24, 2.45) is 11.3 Å². The molecule has 1 fully saturated rings. The lowest BCUT2D eigenvalue weighted by molar-refractivity contribution is 0.132. The fraction of sp³-hybridized carbons (Fsp3) is 0.600. The van der Waals surface area contributed by atoms with Gasteiger partial charge in [0.25, 0.3) is 0 Å². The zero-order chi connectivity index (χ0) is 14.2. The van der Waals surface area contributed by atoms with Crippen molar-refractivity contribution in [3.05, 3.63) is 33.0 Å². The van der Waals surface area contributed by atoms with Gasteiger partial charge in [0.15, 0.2) is 0 Å². The maximum absolute atomic E-state index is 14.1. The molecule has 0 nitrogen and oxygen atoms in total. The third-order valence-corrected chi connectivity index (χ3v) is 6.02. The van der Waals surface area contributed by atoms with Crippen LogP contribution in [-0.4, -0.2) is 0 Å². The number of hydrogen-bond acceptors (Lipinski definition) is 0. The van der Waals surface area contributed by atoms with E-state index in [1.165, 1.54) is 18.9 Å². The Labute approximate surface area is 132 Å². The summed E-state index contributed by atoms with van der Waals surface area (Å²) in [4.78, 5) is 0. The summed E-state index contributed by atoms with van der Waals surface area (Å²) < 4.78 is 14.7. The van der Waals surface area contributed by atoms with Gasteiger partial charge in [-0.05, 0) is 52.2 Å². The second kappa shape index (κ2) is 5.91. The predicted molar refractivity (Wildman–Crippen MR) is 83.4 cm³/mol. The highest BCUT2D eigenvalue weighted by Gasteiger charge is 2.38. The maximum atomic E-state index is 14.1. The van der Waals surface area contributed by atoms with Crippen molar-refractivity contribution in [3.8, 4) is 0 Å². The van der Waals surface area contributed by atoms with E-state index in [2.05, 4.69) is 29.8 Å². The Morgan fingerprint density at radius 3 is 2.68 bits per heavy atom. The third kappa shape index (κ3) is 3.28. The number of halogens is 4. The molecule has 1 aromatic carbocycles. The zero-order valence-corrected chi connectivity index (χ0v) is 14.2. The first-order valence-electron chi connectivity index (χ1n) is 6.61. The molecule has 0 radical (unpaired) electrons. The molecule has 2 unspecified atom stereocenters. The van der Waals surface area contributed by atoms with Gasteiger partial charge in [-0.2, -0.15) is 0 Å². The van der Waals surface area contributed by atoms with Crippen molar-refractivity contribution in [1.82, 2.24) is 0 Å². The van der Waals surface area contributed by atoms with Crippen LogP contribution in [0.25, 0.3) is 0 Å². The van der Waals surface area contributed by atoms with Crippen LogP contribution in [0, 0.1) is 17.2 Å². The number of rotatable bonds is 2. The van der Waals surface area contributed by atoms with Crippen LogP contribution in [0.4, 0.5) is 4.39 Å². The second-order valence-electron chi connectivity index (χ2n) is 6.03. The Morgan fingerprint density at radius 2 is 2.05 bits per heavy atom. The topological polar surface area (TPSA) is 0 Å². The summed E-state index contributed by atoms with van der Waals surface area (Å²) in [6.07, 6.45) is 4.60. The largest absolute Gasteiger partial charge is 0.207 e. The molecule has 1 aliphatic carbocycles. The molecule has 1 saturated carbocycles. The van der Waals surface area contributed by atoms with Crippen LogP contribution in [0.3, 0.4) is 0 Å². The first-order chi connectivity index (χ1) is 8.83. The molecule has 0 N–H and O–H groups in total. The van der Waals surface area contributed by atoms with Crippen molar-refractivity contribution in [2.75, 3.05) is 0 Å².